The zero-order valence-electron chi connectivity index (χ0n) is 11.4. The minimum atomic E-state index is -3.77. The third-order valence-corrected chi connectivity index (χ3v) is 6.12. The lowest BCUT2D eigenvalue weighted by Gasteiger charge is -2.24. The van der Waals surface area contributed by atoms with Gasteiger partial charge in [-0.25, -0.2) is 12.7 Å². The van der Waals surface area contributed by atoms with E-state index in [2.05, 4.69) is 0 Å². The molecule has 0 N–H and O–H groups in total. The van der Waals surface area contributed by atoms with Crippen molar-refractivity contribution in [2.45, 2.75) is 24.8 Å². The summed E-state index contributed by atoms with van der Waals surface area (Å²) in [6.45, 7) is 4.45. The standard InChI is InChI=1S/C14H17NO4S/c1-9-3-5-11(6-4-9)20(17,18)15-10(2)12-7-19-8-13(12)14(15)16/h3-6,10,12-13H,7-8H2,1-2H3/t10-,12+,13+/m0/s1. The Hall–Kier alpha value is -1.40. The summed E-state index contributed by atoms with van der Waals surface area (Å²) in [5, 5.41) is 0. The van der Waals surface area contributed by atoms with Gasteiger partial charge in [0.25, 0.3) is 10.0 Å². The molecule has 1 amide bonds. The fraction of sp³-hybridized carbons (Fsp3) is 0.500. The van der Waals surface area contributed by atoms with Gasteiger partial charge >= 0.3 is 0 Å². The molecule has 2 fully saturated rings. The average molecular weight is 295 g/mol. The summed E-state index contributed by atoms with van der Waals surface area (Å²) in [7, 11) is -3.77. The zero-order valence-corrected chi connectivity index (χ0v) is 12.3. The Kier molecular flexibility index (Phi) is 3.10. The SMILES string of the molecule is Cc1ccc(S(=O)(=O)N2C(=O)[C@@H]3COC[C@@H]3[C@@H]2C)cc1. The number of ether oxygens (including phenoxy) is 1. The first-order valence-electron chi connectivity index (χ1n) is 6.65. The van der Waals surface area contributed by atoms with Crippen molar-refractivity contribution in [1.82, 2.24) is 4.31 Å². The van der Waals surface area contributed by atoms with Crippen molar-refractivity contribution in [2.24, 2.45) is 11.8 Å². The number of aryl methyl sites for hydroxylation is 1. The van der Waals surface area contributed by atoms with Crippen molar-refractivity contribution >= 4 is 15.9 Å². The topological polar surface area (TPSA) is 63.7 Å². The maximum absolute atomic E-state index is 12.7. The van der Waals surface area contributed by atoms with Crippen LogP contribution in [0.5, 0.6) is 0 Å². The summed E-state index contributed by atoms with van der Waals surface area (Å²) in [6.07, 6.45) is 0. The minimum Gasteiger partial charge on any atom is -0.380 e. The van der Waals surface area contributed by atoms with Crippen LogP contribution in [0.1, 0.15) is 12.5 Å². The monoisotopic (exact) mass is 295 g/mol. The van der Waals surface area contributed by atoms with Gasteiger partial charge in [0.1, 0.15) is 0 Å². The average Bonchev–Trinajstić information content (AvgIpc) is 2.95. The van der Waals surface area contributed by atoms with Gasteiger partial charge in [0.05, 0.1) is 30.1 Å². The number of hydrogen-bond donors (Lipinski definition) is 0. The summed E-state index contributed by atoms with van der Waals surface area (Å²) in [5.41, 5.74) is 0.981. The Morgan fingerprint density at radius 3 is 2.45 bits per heavy atom. The van der Waals surface area contributed by atoms with Gasteiger partial charge in [-0.3, -0.25) is 4.79 Å². The first kappa shape index (κ1) is 13.6. The van der Waals surface area contributed by atoms with Crippen molar-refractivity contribution in [3.63, 3.8) is 0 Å². The van der Waals surface area contributed by atoms with Crippen LogP contribution in [-0.4, -0.2) is 37.9 Å². The van der Waals surface area contributed by atoms with E-state index in [0.29, 0.717) is 13.2 Å². The van der Waals surface area contributed by atoms with Crippen molar-refractivity contribution < 1.29 is 17.9 Å². The van der Waals surface area contributed by atoms with Crippen molar-refractivity contribution in [1.29, 1.82) is 0 Å². The molecule has 0 unspecified atom stereocenters. The van der Waals surface area contributed by atoms with E-state index >= 15 is 0 Å². The Morgan fingerprint density at radius 2 is 1.85 bits per heavy atom. The van der Waals surface area contributed by atoms with Gasteiger partial charge in [0.2, 0.25) is 5.91 Å². The van der Waals surface area contributed by atoms with Gasteiger partial charge in [0, 0.05) is 5.92 Å². The lowest BCUT2D eigenvalue weighted by molar-refractivity contribution is -0.128. The van der Waals surface area contributed by atoms with E-state index in [-0.39, 0.29) is 28.7 Å². The molecule has 0 aliphatic carbocycles. The largest absolute Gasteiger partial charge is 0.380 e. The number of fused-ring (bicyclic) bond motifs is 1. The predicted molar refractivity (Wildman–Crippen MR) is 72.5 cm³/mol. The van der Waals surface area contributed by atoms with Gasteiger partial charge in [-0.15, -0.1) is 0 Å². The zero-order chi connectivity index (χ0) is 14.5. The number of rotatable bonds is 2. The van der Waals surface area contributed by atoms with E-state index in [4.69, 9.17) is 4.74 Å². The fourth-order valence-electron chi connectivity index (χ4n) is 3.00. The van der Waals surface area contributed by atoms with Crippen LogP contribution in [0.3, 0.4) is 0 Å². The lowest BCUT2D eigenvalue weighted by Crippen LogP contribution is -2.39. The lowest BCUT2D eigenvalue weighted by atomic mass is 9.95. The molecule has 0 bridgehead atoms. The molecule has 2 aliphatic rings. The smallest absolute Gasteiger partial charge is 0.266 e. The third-order valence-electron chi connectivity index (χ3n) is 4.23. The highest BCUT2D eigenvalue weighted by molar-refractivity contribution is 7.89. The molecular formula is C14H17NO4S. The molecule has 2 heterocycles. The maximum Gasteiger partial charge on any atom is 0.266 e. The van der Waals surface area contributed by atoms with E-state index in [1.807, 2.05) is 6.92 Å². The second-order valence-corrected chi connectivity index (χ2v) is 7.32. The Labute approximate surface area is 118 Å². The van der Waals surface area contributed by atoms with Crippen molar-refractivity contribution in [2.75, 3.05) is 13.2 Å². The number of hydrogen-bond acceptors (Lipinski definition) is 4. The fourth-order valence-corrected chi connectivity index (χ4v) is 4.67. The molecule has 1 aromatic rings. The second-order valence-electron chi connectivity index (χ2n) is 5.50. The second kappa shape index (κ2) is 4.56. The number of carbonyl (C=O) groups excluding carboxylic acids is 1. The normalized spacial score (nSPS) is 29.8. The molecule has 0 aromatic heterocycles. The summed E-state index contributed by atoms with van der Waals surface area (Å²) in [4.78, 5) is 12.5. The molecular weight excluding hydrogens is 278 g/mol. The van der Waals surface area contributed by atoms with Crippen LogP contribution in [0.25, 0.3) is 0 Å². The van der Waals surface area contributed by atoms with Gasteiger partial charge in [-0.1, -0.05) is 17.7 Å². The molecule has 5 nitrogen and oxygen atoms in total. The predicted octanol–water partition coefficient (Wildman–Crippen LogP) is 1.18. The van der Waals surface area contributed by atoms with Gasteiger partial charge in [-0.2, -0.15) is 0 Å². The molecule has 3 atom stereocenters. The van der Waals surface area contributed by atoms with Crippen LogP contribution in [0, 0.1) is 18.8 Å². The molecule has 0 radical (unpaired) electrons. The summed E-state index contributed by atoms with van der Waals surface area (Å²) in [5.74, 6) is -0.673. The molecule has 3 rings (SSSR count). The highest BCUT2D eigenvalue weighted by atomic mass is 32.2. The highest BCUT2D eigenvalue weighted by Crippen LogP contribution is 2.38. The Bertz CT molecular complexity index is 638. The summed E-state index contributed by atoms with van der Waals surface area (Å²) in [6, 6.07) is 6.23. The van der Waals surface area contributed by atoms with Crippen molar-refractivity contribution in [3.8, 4) is 0 Å². The Balaban J connectivity index is 1.99. The number of carbonyl (C=O) groups is 1. The first-order chi connectivity index (χ1) is 9.43. The molecule has 6 heteroatoms. The van der Waals surface area contributed by atoms with Crippen LogP contribution < -0.4 is 0 Å². The summed E-state index contributed by atoms with van der Waals surface area (Å²) < 4.78 is 31.7. The highest BCUT2D eigenvalue weighted by Gasteiger charge is 2.53. The summed E-state index contributed by atoms with van der Waals surface area (Å²) >= 11 is 0. The molecule has 0 saturated carbocycles. The molecule has 108 valence electrons. The number of nitrogens with zero attached hydrogens (tertiary/aromatic N) is 1. The van der Waals surface area contributed by atoms with Gasteiger partial charge < -0.3 is 4.74 Å². The van der Waals surface area contributed by atoms with E-state index in [1.54, 1.807) is 31.2 Å². The first-order valence-corrected chi connectivity index (χ1v) is 8.09. The molecule has 2 saturated heterocycles. The van der Waals surface area contributed by atoms with E-state index < -0.39 is 10.0 Å². The number of sulfonamides is 1. The van der Waals surface area contributed by atoms with E-state index in [0.717, 1.165) is 9.87 Å². The van der Waals surface area contributed by atoms with E-state index in [1.165, 1.54) is 0 Å². The number of amides is 1. The van der Waals surface area contributed by atoms with Crippen molar-refractivity contribution in [3.05, 3.63) is 29.8 Å². The maximum atomic E-state index is 12.7. The van der Waals surface area contributed by atoms with Crippen LogP contribution in [0.4, 0.5) is 0 Å². The quantitative estimate of drug-likeness (QED) is 0.822. The van der Waals surface area contributed by atoms with E-state index in [9.17, 15) is 13.2 Å². The van der Waals surface area contributed by atoms with Crippen LogP contribution in [0.15, 0.2) is 29.2 Å². The molecule has 2 aliphatic heterocycles. The molecule has 1 aromatic carbocycles. The minimum absolute atomic E-state index is 0.0253. The number of benzene rings is 1. The van der Waals surface area contributed by atoms with Gasteiger partial charge in [0.15, 0.2) is 0 Å². The van der Waals surface area contributed by atoms with Gasteiger partial charge in [-0.05, 0) is 26.0 Å². The third kappa shape index (κ3) is 1.86. The van der Waals surface area contributed by atoms with Crippen LogP contribution >= 0.6 is 0 Å². The molecule has 20 heavy (non-hydrogen) atoms. The molecule has 0 spiro atoms. The van der Waals surface area contributed by atoms with Crippen LogP contribution in [0.2, 0.25) is 0 Å². The Morgan fingerprint density at radius 1 is 1.20 bits per heavy atom. The van der Waals surface area contributed by atoms with Crippen LogP contribution in [-0.2, 0) is 19.6 Å².